The second kappa shape index (κ2) is 12.1. The summed E-state index contributed by atoms with van der Waals surface area (Å²) in [5.74, 6) is -2.14. The summed E-state index contributed by atoms with van der Waals surface area (Å²) in [6, 6.07) is 15.8. The minimum absolute atomic E-state index is 0.0204. The molecule has 0 radical (unpaired) electrons. The second-order valence-corrected chi connectivity index (χ2v) is 13.6. The molecular weight excluding hydrogens is 702 g/mol. The summed E-state index contributed by atoms with van der Waals surface area (Å²) < 4.78 is 6.17. The number of Topliss-reactive ketones (excluding diaryl/α,β-unsaturated/α-hetero) is 1. The standard InChI is InChI=1S/C36H27BrClN3O7/c1-3-18-11-22(37)14-25-26(36(45)48-16-30(42)20-6-9-27(38)29(13-20)41(46)47)15-28(39-33(18)25)19-4-7-23(8-5-19)40-34(43)31-21-10-17(2)24(12-21)32(31)35(40)44/h4-11,13-15,21,24,31-32H,3,12,16H2,1-2H3. The number of imide groups is 1. The SMILES string of the molecule is CCc1cc(Br)cc2c(C(=O)OCC(=O)c3ccc(Cl)c([N+](=O)[O-])c3)cc(-c3ccc(N4C(=O)C5C6C=C(C)C(C6)C5C4=O)cc3)nc12. The third-order valence-electron chi connectivity index (χ3n) is 9.66. The van der Waals surface area contributed by atoms with Crippen molar-refractivity contribution in [2.75, 3.05) is 11.5 Å². The van der Waals surface area contributed by atoms with Crippen molar-refractivity contribution >= 4 is 73.4 Å². The first-order valence-corrected chi connectivity index (χ1v) is 16.6. The van der Waals surface area contributed by atoms with E-state index in [2.05, 4.69) is 22.0 Å². The lowest BCUT2D eigenvalue weighted by molar-refractivity contribution is -0.384. The number of ether oxygens (including phenoxy) is 1. The number of pyridine rings is 1. The number of allylic oxidation sites excluding steroid dienone is 2. The summed E-state index contributed by atoms with van der Waals surface area (Å²) in [5.41, 5.74) is 3.93. The molecule has 2 fully saturated rings. The number of aromatic nitrogens is 1. The Labute approximate surface area is 288 Å². The molecule has 2 amide bonds. The number of amides is 2. The molecular formula is C36H27BrClN3O7. The van der Waals surface area contributed by atoms with Gasteiger partial charge in [0.2, 0.25) is 17.6 Å². The number of ketones is 1. The molecule has 2 aliphatic carbocycles. The molecule has 1 aromatic heterocycles. The minimum atomic E-state index is -0.782. The molecule has 4 aromatic rings. The summed E-state index contributed by atoms with van der Waals surface area (Å²) in [6.45, 7) is 3.34. The first-order valence-electron chi connectivity index (χ1n) is 15.4. The molecule has 0 N–H and O–H groups in total. The number of halogens is 2. The van der Waals surface area contributed by atoms with Gasteiger partial charge < -0.3 is 4.74 Å². The lowest BCUT2D eigenvalue weighted by Crippen LogP contribution is -2.32. The van der Waals surface area contributed by atoms with Crippen molar-refractivity contribution in [2.45, 2.75) is 26.7 Å². The molecule has 4 unspecified atom stereocenters. The van der Waals surface area contributed by atoms with Crippen molar-refractivity contribution in [3.8, 4) is 11.3 Å². The van der Waals surface area contributed by atoms with Crippen LogP contribution in [0.1, 0.15) is 46.5 Å². The summed E-state index contributed by atoms with van der Waals surface area (Å²) in [4.78, 5) is 70.1. The molecule has 2 heterocycles. The van der Waals surface area contributed by atoms with Crippen LogP contribution in [0.3, 0.4) is 0 Å². The van der Waals surface area contributed by atoms with E-state index in [0.29, 0.717) is 34.3 Å². The van der Waals surface area contributed by atoms with E-state index < -0.39 is 29.0 Å². The number of nitrogens with zero attached hydrogens (tertiary/aromatic N) is 3. The van der Waals surface area contributed by atoms with E-state index in [1.54, 1.807) is 36.4 Å². The normalized spacial score (nSPS) is 21.1. The number of nitro groups is 1. The third-order valence-corrected chi connectivity index (χ3v) is 10.4. The van der Waals surface area contributed by atoms with Crippen LogP contribution in [0.15, 0.2) is 76.8 Å². The fourth-order valence-corrected chi connectivity index (χ4v) is 8.07. The maximum absolute atomic E-state index is 13.6. The Kier molecular flexibility index (Phi) is 7.99. The van der Waals surface area contributed by atoms with Crippen LogP contribution in [0.5, 0.6) is 0 Å². The number of hydrogen-bond donors (Lipinski definition) is 0. The molecule has 3 aliphatic rings. The number of rotatable bonds is 8. The maximum atomic E-state index is 13.6. The molecule has 4 atom stereocenters. The number of carbonyl (C=O) groups excluding carboxylic acids is 4. The first kappa shape index (κ1) is 31.8. The van der Waals surface area contributed by atoms with E-state index >= 15 is 0 Å². The maximum Gasteiger partial charge on any atom is 0.339 e. The molecule has 48 heavy (non-hydrogen) atoms. The Morgan fingerprint density at radius 2 is 1.79 bits per heavy atom. The smallest absolute Gasteiger partial charge is 0.339 e. The predicted molar refractivity (Wildman–Crippen MR) is 182 cm³/mol. The number of carbonyl (C=O) groups is 4. The van der Waals surface area contributed by atoms with Crippen molar-refractivity contribution in [3.63, 3.8) is 0 Å². The van der Waals surface area contributed by atoms with Crippen LogP contribution in [0.2, 0.25) is 5.02 Å². The van der Waals surface area contributed by atoms with Gasteiger partial charge in [-0.25, -0.2) is 9.78 Å². The van der Waals surface area contributed by atoms with Gasteiger partial charge >= 0.3 is 5.97 Å². The molecule has 1 saturated heterocycles. The lowest BCUT2D eigenvalue weighted by Gasteiger charge is -2.19. The van der Waals surface area contributed by atoms with E-state index in [1.165, 1.54) is 22.6 Å². The van der Waals surface area contributed by atoms with Crippen molar-refractivity contribution in [2.24, 2.45) is 23.7 Å². The number of benzene rings is 3. The highest BCUT2D eigenvalue weighted by Crippen LogP contribution is 2.56. The number of hydrogen-bond acceptors (Lipinski definition) is 8. The minimum Gasteiger partial charge on any atom is -0.454 e. The van der Waals surface area contributed by atoms with Crippen molar-refractivity contribution < 1.29 is 28.8 Å². The highest BCUT2D eigenvalue weighted by atomic mass is 79.9. The van der Waals surface area contributed by atoms with Gasteiger partial charge in [0.05, 0.1) is 39.2 Å². The van der Waals surface area contributed by atoms with Crippen LogP contribution in [-0.4, -0.2) is 40.1 Å². The van der Waals surface area contributed by atoms with Crippen LogP contribution < -0.4 is 4.90 Å². The third kappa shape index (κ3) is 5.21. The molecule has 10 nitrogen and oxygen atoms in total. The quantitative estimate of drug-likeness (QED) is 0.0454. The van der Waals surface area contributed by atoms with Gasteiger partial charge in [-0.3, -0.25) is 29.4 Å². The van der Waals surface area contributed by atoms with Crippen molar-refractivity contribution in [3.05, 3.63) is 109 Å². The number of esters is 1. The highest BCUT2D eigenvalue weighted by molar-refractivity contribution is 9.10. The fourth-order valence-electron chi connectivity index (χ4n) is 7.37. The van der Waals surface area contributed by atoms with Gasteiger partial charge in [0.15, 0.2) is 6.61 Å². The van der Waals surface area contributed by atoms with Crippen LogP contribution >= 0.6 is 27.5 Å². The Morgan fingerprint density at radius 1 is 1.06 bits per heavy atom. The number of fused-ring (bicyclic) bond motifs is 6. The second-order valence-electron chi connectivity index (χ2n) is 12.3. The van der Waals surface area contributed by atoms with Gasteiger partial charge in [0.1, 0.15) is 5.02 Å². The molecule has 7 rings (SSSR count). The zero-order chi connectivity index (χ0) is 34.0. The molecule has 1 aliphatic heterocycles. The van der Waals surface area contributed by atoms with Gasteiger partial charge in [0, 0.05) is 27.1 Å². The molecule has 12 heteroatoms. The molecule has 2 bridgehead atoms. The Hall–Kier alpha value is -4.74. The summed E-state index contributed by atoms with van der Waals surface area (Å²) in [7, 11) is 0. The van der Waals surface area contributed by atoms with Crippen LogP contribution in [0.25, 0.3) is 22.2 Å². The van der Waals surface area contributed by atoms with Gasteiger partial charge in [-0.1, -0.05) is 58.2 Å². The lowest BCUT2D eigenvalue weighted by atomic mass is 9.82. The van der Waals surface area contributed by atoms with E-state index in [0.717, 1.165) is 22.5 Å². The van der Waals surface area contributed by atoms with Crippen molar-refractivity contribution in [1.29, 1.82) is 0 Å². The molecule has 0 spiro atoms. The van der Waals surface area contributed by atoms with Crippen molar-refractivity contribution in [1.82, 2.24) is 4.98 Å². The van der Waals surface area contributed by atoms with Crippen LogP contribution in [0, 0.1) is 33.8 Å². The summed E-state index contributed by atoms with van der Waals surface area (Å²) in [6.07, 6.45) is 3.61. The largest absolute Gasteiger partial charge is 0.454 e. The average Bonchev–Trinajstić information content (AvgIpc) is 3.72. The molecule has 3 aromatic carbocycles. The van der Waals surface area contributed by atoms with E-state index in [9.17, 15) is 29.3 Å². The summed E-state index contributed by atoms with van der Waals surface area (Å²) >= 11 is 9.38. The number of anilines is 1. The molecule has 242 valence electrons. The van der Waals surface area contributed by atoms with E-state index in [1.807, 2.05) is 19.9 Å². The zero-order valence-corrected chi connectivity index (χ0v) is 28.1. The van der Waals surface area contributed by atoms with Crippen LogP contribution in [-0.2, 0) is 20.7 Å². The topological polar surface area (TPSA) is 137 Å². The zero-order valence-electron chi connectivity index (χ0n) is 25.7. The monoisotopic (exact) mass is 727 g/mol. The van der Waals surface area contributed by atoms with Crippen LogP contribution in [0.4, 0.5) is 11.4 Å². The number of nitro benzene ring substituents is 1. The average molecular weight is 729 g/mol. The fraction of sp³-hybridized carbons (Fsp3) is 0.250. The van der Waals surface area contributed by atoms with Gasteiger partial charge in [-0.2, -0.15) is 0 Å². The number of aryl methyl sites for hydroxylation is 1. The van der Waals surface area contributed by atoms with E-state index in [4.69, 9.17) is 21.3 Å². The highest BCUT2D eigenvalue weighted by Gasteiger charge is 2.60. The van der Waals surface area contributed by atoms with Gasteiger partial charge in [-0.05, 0) is 79.6 Å². The Balaban J connectivity index is 1.19. The van der Waals surface area contributed by atoms with E-state index in [-0.39, 0.29) is 51.6 Å². The van der Waals surface area contributed by atoms with Gasteiger partial charge in [0.25, 0.3) is 5.69 Å². The summed E-state index contributed by atoms with van der Waals surface area (Å²) in [5, 5.41) is 11.7. The first-order chi connectivity index (χ1) is 23.0. The Morgan fingerprint density at radius 3 is 2.50 bits per heavy atom. The molecule has 1 saturated carbocycles. The van der Waals surface area contributed by atoms with Gasteiger partial charge in [-0.15, -0.1) is 0 Å². The Bertz CT molecular complexity index is 2130. The predicted octanol–water partition coefficient (Wildman–Crippen LogP) is 7.53.